The maximum atomic E-state index is 2.61. The van der Waals surface area contributed by atoms with Gasteiger partial charge in [-0.3, -0.25) is 0 Å². The van der Waals surface area contributed by atoms with E-state index in [1.807, 2.05) is 0 Å². The molecule has 0 bridgehead atoms. The van der Waals surface area contributed by atoms with Gasteiger partial charge in [-0.1, -0.05) is 295 Å². The molecule has 2 aliphatic rings. The van der Waals surface area contributed by atoms with E-state index in [4.69, 9.17) is 0 Å². The Balaban J connectivity index is 1.13. The lowest BCUT2D eigenvalue weighted by atomic mass is 9.33. The van der Waals surface area contributed by atoms with Crippen molar-refractivity contribution in [2.75, 3.05) is 9.80 Å². The zero-order chi connectivity index (χ0) is 59.2. The zero-order valence-electron chi connectivity index (χ0n) is 51.6. The maximum absolute atomic E-state index is 2.61. The monoisotopic (exact) mass is 1100 g/mol. The van der Waals surface area contributed by atoms with Crippen LogP contribution in [-0.2, 0) is 21.7 Å². The van der Waals surface area contributed by atoms with Crippen molar-refractivity contribution in [1.29, 1.82) is 0 Å². The third kappa shape index (κ3) is 10.1. The van der Waals surface area contributed by atoms with Crippen molar-refractivity contribution in [1.82, 2.24) is 0 Å². The van der Waals surface area contributed by atoms with Gasteiger partial charge >= 0.3 is 0 Å². The fourth-order valence-electron chi connectivity index (χ4n) is 13.1. The highest BCUT2D eigenvalue weighted by atomic mass is 15.2. The lowest BCUT2D eigenvalue weighted by Gasteiger charge is -2.45. The highest BCUT2D eigenvalue weighted by Gasteiger charge is 2.44. The fourth-order valence-corrected chi connectivity index (χ4v) is 13.1. The van der Waals surface area contributed by atoms with Gasteiger partial charge in [-0.15, -0.1) is 0 Å². The van der Waals surface area contributed by atoms with Crippen LogP contribution in [0.4, 0.5) is 34.1 Å². The highest BCUT2D eigenvalue weighted by molar-refractivity contribution is 7.00. The molecule has 3 heteroatoms. The number of rotatable bonds is 8. The summed E-state index contributed by atoms with van der Waals surface area (Å²) in [5.41, 5.74) is 30.4. The Hall–Kier alpha value is -8.92. The molecule has 0 saturated carbocycles. The summed E-state index contributed by atoms with van der Waals surface area (Å²) in [4.78, 5) is 5.22. The molecule has 0 radical (unpaired) electrons. The highest BCUT2D eigenvalue weighted by Crippen LogP contribution is 2.50. The van der Waals surface area contributed by atoms with Crippen molar-refractivity contribution >= 4 is 57.2 Å². The maximum Gasteiger partial charge on any atom is 0.252 e. The number of hydrogen-bond donors (Lipinski definition) is 0. The van der Waals surface area contributed by atoms with Crippen LogP contribution in [0.2, 0.25) is 0 Å². The summed E-state index contributed by atoms with van der Waals surface area (Å²) in [6.07, 6.45) is 0. The lowest BCUT2D eigenvalue weighted by Crippen LogP contribution is -2.61. The topological polar surface area (TPSA) is 6.48 Å². The predicted octanol–water partition coefficient (Wildman–Crippen LogP) is 21.0. The number of para-hydroxylation sites is 2. The van der Waals surface area contributed by atoms with Gasteiger partial charge in [0.15, 0.2) is 0 Å². The molecule has 2 heterocycles. The summed E-state index contributed by atoms with van der Waals surface area (Å²) >= 11 is 0. The van der Waals surface area contributed by atoms with Crippen LogP contribution in [0.25, 0.3) is 66.8 Å². The average Bonchev–Trinajstić information content (AvgIpc) is 1.01. The van der Waals surface area contributed by atoms with Crippen molar-refractivity contribution in [2.45, 2.75) is 105 Å². The molecule has 13 rings (SSSR count). The number of hydrogen-bond acceptors (Lipinski definition) is 2. The molecule has 0 atom stereocenters. The molecule has 11 aromatic carbocycles. The van der Waals surface area contributed by atoms with E-state index in [-0.39, 0.29) is 28.4 Å². The molecule has 0 amide bonds. The quantitative estimate of drug-likeness (QED) is 0.140. The van der Waals surface area contributed by atoms with Crippen LogP contribution >= 0.6 is 0 Å². The Morgan fingerprint density at radius 2 is 0.518 bits per heavy atom. The van der Waals surface area contributed by atoms with E-state index >= 15 is 0 Å². The molecule has 2 aliphatic heterocycles. The van der Waals surface area contributed by atoms with Crippen LogP contribution < -0.4 is 26.2 Å². The smallest absolute Gasteiger partial charge is 0.252 e. The van der Waals surface area contributed by atoms with E-state index in [9.17, 15) is 0 Å². The van der Waals surface area contributed by atoms with E-state index in [2.05, 4.69) is 342 Å². The van der Waals surface area contributed by atoms with Gasteiger partial charge in [-0.25, -0.2) is 0 Å². The first kappa shape index (κ1) is 55.3. The standard InChI is InChI=1S/C82H77BN2/c1-79(2,3)60-46-58(47-61(52-60)80(4,5)6)68-36-23-25-38-72(68)84-74-44-42-56(66-34-21-19-32-64(66)54-28-15-13-16-29-54)50-70(74)83-71-51-57(67-35-22-20-33-65(67)55-30-17-14-18-31-55)43-45-75(71)85(77-41-27-40-76(84)78(77)83)73-39-26-24-37-69(73)59-48-62(81(7,8)9)53-63(49-59)82(10,11)12/h13-53H,1-12H3. The molecular formula is C82H77BN2. The van der Waals surface area contributed by atoms with Crippen molar-refractivity contribution in [3.8, 4) is 66.8 Å². The summed E-state index contributed by atoms with van der Waals surface area (Å²) in [6, 6.07) is 94.4. The van der Waals surface area contributed by atoms with E-state index in [1.165, 1.54) is 128 Å². The van der Waals surface area contributed by atoms with Crippen LogP contribution in [0.1, 0.15) is 105 Å². The van der Waals surface area contributed by atoms with E-state index in [1.54, 1.807) is 0 Å². The molecule has 0 saturated heterocycles. The Bertz CT molecular complexity index is 4010. The number of anilines is 6. The van der Waals surface area contributed by atoms with Crippen molar-refractivity contribution in [3.63, 3.8) is 0 Å². The largest absolute Gasteiger partial charge is 0.311 e. The third-order valence-electron chi connectivity index (χ3n) is 17.9. The van der Waals surface area contributed by atoms with Gasteiger partial charge in [-0.2, -0.15) is 0 Å². The minimum atomic E-state index is -0.149. The van der Waals surface area contributed by atoms with Crippen molar-refractivity contribution in [3.05, 3.63) is 271 Å². The summed E-state index contributed by atoms with van der Waals surface area (Å²) in [6.45, 7) is 27.9. The van der Waals surface area contributed by atoms with Crippen LogP contribution in [0.15, 0.2) is 249 Å². The number of nitrogens with zero attached hydrogens (tertiary/aromatic N) is 2. The minimum absolute atomic E-state index is 0.0587. The minimum Gasteiger partial charge on any atom is -0.311 e. The SMILES string of the molecule is CC(C)(C)c1cc(-c2ccccc2N2c3ccc(-c4ccccc4-c4ccccc4)cc3B3c4cc(-c5ccccc5-c5ccccc5)ccc4N(c4ccccc4-c4cc(C(C)(C)C)cc(C(C)(C)C)c4)c4cccc2c43)cc(C(C)(C)C)c1. The number of benzene rings is 11. The van der Waals surface area contributed by atoms with Gasteiger partial charge in [0.2, 0.25) is 0 Å². The molecule has 0 aromatic heterocycles. The Kier molecular flexibility index (Phi) is 13.7. The Labute approximate surface area is 506 Å². The first-order valence-corrected chi connectivity index (χ1v) is 30.5. The summed E-state index contributed by atoms with van der Waals surface area (Å²) < 4.78 is 0. The molecule has 418 valence electrons. The zero-order valence-corrected chi connectivity index (χ0v) is 51.6. The van der Waals surface area contributed by atoms with Gasteiger partial charge < -0.3 is 9.80 Å². The van der Waals surface area contributed by atoms with E-state index in [0.29, 0.717) is 0 Å². The first-order valence-electron chi connectivity index (χ1n) is 30.5. The molecule has 0 N–H and O–H groups in total. The van der Waals surface area contributed by atoms with Crippen LogP contribution in [-0.4, -0.2) is 6.71 Å². The second-order valence-electron chi connectivity index (χ2n) is 27.8. The molecule has 11 aromatic rings. The second-order valence-corrected chi connectivity index (χ2v) is 27.8. The van der Waals surface area contributed by atoms with Gasteiger partial charge in [0, 0.05) is 33.9 Å². The second kappa shape index (κ2) is 21.0. The Morgan fingerprint density at radius 3 is 0.859 bits per heavy atom. The normalized spacial score (nSPS) is 13.1. The fraction of sp³-hybridized carbons (Fsp3) is 0.195. The predicted molar refractivity (Wildman–Crippen MR) is 368 cm³/mol. The molecule has 0 aliphatic carbocycles. The molecule has 85 heavy (non-hydrogen) atoms. The molecular weight excluding hydrogens is 1020 g/mol. The lowest BCUT2D eigenvalue weighted by molar-refractivity contribution is 0.568. The van der Waals surface area contributed by atoms with Gasteiger partial charge in [0.25, 0.3) is 6.71 Å². The van der Waals surface area contributed by atoms with Crippen LogP contribution in [0, 0.1) is 0 Å². The summed E-state index contributed by atoms with van der Waals surface area (Å²) in [7, 11) is 0. The van der Waals surface area contributed by atoms with Gasteiger partial charge in [0.05, 0.1) is 11.4 Å². The average molecular weight is 1100 g/mol. The van der Waals surface area contributed by atoms with Crippen LogP contribution in [0.3, 0.4) is 0 Å². The summed E-state index contributed by atoms with van der Waals surface area (Å²) in [5.74, 6) is 0. The van der Waals surface area contributed by atoms with Gasteiger partial charge in [-0.05, 0) is 152 Å². The first-order chi connectivity index (χ1) is 40.7. The molecule has 0 spiro atoms. The van der Waals surface area contributed by atoms with E-state index in [0.717, 1.165) is 11.4 Å². The van der Waals surface area contributed by atoms with Crippen LogP contribution in [0.5, 0.6) is 0 Å². The van der Waals surface area contributed by atoms with E-state index < -0.39 is 0 Å². The Morgan fingerprint density at radius 1 is 0.224 bits per heavy atom. The number of fused-ring (bicyclic) bond motifs is 4. The third-order valence-corrected chi connectivity index (χ3v) is 17.9. The summed E-state index contributed by atoms with van der Waals surface area (Å²) in [5, 5.41) is 0. The van der Waals surface area contributed by atoms with Crippen molar-refractivity contribution in [2.24, 2.45) is 0 Å². The van der Waals surface area contributed by atoms with Gasteiger partial charge in [0.1, 0.15) is 0 Å². The molecule has 2 nitrogen and oxygen atoms in total. The van der Waals surface area contributed by atoms with Crippen molar-refractivity contribution < 1.29 is 0 Å². The molecule has 0 unspecified atom stereocenters. The molecule has 0 fully saturated rings.